The molecule has 0 aliphatic heterocycles. The second-order valence-electron chi connectivity index (χ2n) is 7.27. The van der Waals surface area contributed by atoms with Gasteiger partial charge in [0, 0.05) is 28.8 Å². The number of carbonyl (C=O) groups is 2. The van der Waals surface area contributed by atoms with Gasteiger partial charge in [-0.2, -0.15) is 0 Å². The number of carbonyl (C=O) groups excluding carboxylic acids is 2. The molecule has 0 heterocycles. The van der Waals surface area contributed by atoms with Crippen LogP contribution >= 0.6 is 0 Å². The van der Waals surface area contributed by atoms with Crippen LogP contribution in [0.3, 0.4) is 0 Å². The van der Waals surface area contributed by atoms with Crippen molar-refractivity contribution in [3.05, 3.63) is 23.8 Å². The fraction of sp³-hybridized carbons (Fsp3) is 0.556. The third kappa shape index (κ3) is 4.58. The molecule has 4 nitrogen and oxygen atoms in total. The van der Waals surface area contributed by atoms with E-state index in [2.05, 4.69) is 31.4 Å². The molecule has 0 unspecified atom stereocenters. The number of anilines is 2. The summed E-state index contributed by atoms with van der Waals surface area (Å²) >= 11 is 0. The quantitative estimate of drug-likeness (QED) is 0.877. The number of amides is 2. The molecule has 0 radical (unpaired) electrons. The Labute approximate surface area is 133 Å². The van der Waals surface area contributed by atoms with Crippen LogP contribution in [-0.2, 0) is 15.0 Å². The topological polar surface area (TPSA) is 58.2 Å². The lowest BCUT2D eigenvalue weighted by atomic mass is 9.84. The molecular weight excluding hydrogens is 276 g/mol. The summed E-state index contributed by atoms with van der Waals surface area (Å²) in [6.07, 6.45) is 0. The molecule has 0 spiro atoms. The van der Waals surface area contributed by atoms with Gasteiger partial charge in [0.2, 0.25) is 11.8 Å². The third-order valence-electron chi connectivity index (χ3n) is 3.38. The average Bonchev–Trinajstić information content (AvgIpc) is 2.36. The maximum Gasteiger partial charge on any atom is 0.226 e. The first-order valence-electron chi connectivity index (χ1n) is 7.79. The Morgan fingerprint density at radius 3 is 1.50 bits per heavy atom. The molecule has 1 aromatic rings. The van der Waals surface area contributed by atoms with Crippen molar-refractivity contribution >= 4 is 23.2 Å². The summed E-state index contributed by atoms with van der Waals surface area (Å²) < 4.78 is 0. The minimum Gasteiger partial charge on any atom is -0.326 e. The summed E-state index contributed by atoms with van der Waals surface area (Å²) in [5.41, 5.74) is 2.25. The molecule has 22 heavy (non-hydrogen) atoms. The average molecular weight is 304 g/mol. The second kappa shape index (κ2) is 6.95. The summed E-state index contributed by atoms with van der Waals surface area (Å²) in [5.74, 6) is -0.251. The fourth-order valence-corrected chi connectivity index (χ4v) is 2.12. The van der Waals surface area contributed by atoms with Crippen LogP contribution in [0.4, 0.5) is 11.4 Å². The molecule has 4 heteroatoms. The summed E-state index contributed by atoms with van der Waals surface area (Å²) in [6, 6.07) is 5.61. The predicted octanol–water partition coefficient (Wildman–Crippen LogP) is 4.17. The van der Waals surface area contributed by atoms with Crippen molar-refractivity contribution in [1.29, 1.82) is 0 Å². The van der Waals surface area contributed by atoms with Crippen LogP contribution in [0.15, 0.2) is 18.2 Å². The van der Waals surface area contributed by atoms with Gasteiger partial charge in [-0.15, -0.1) is 0 Å². The first kappa shape index (κ1) is 18.2. The van der Waals surface area contributed by atoms with E-state index >= 15 is 0 Å². The van der Waals surface area contributed by atoms with Gasteiger partial charge in [-0.3, -0.25) is 9.59 Å². The van der Waals surface area contributed by atoms with Crippen LogP contribution in [0.5, 0.6) is 0 Å². The summed E-state index contributed by atoms with van der Waals surface area (Å²) in [4.78, 5) is 24.1. The summed E-state index contributed by atoms with van der Waals surface area (Å²) in [5, 5.41) is 5.94. The molecule has 0 atom stereocenters. The lowest BCUT2D eigenvalue weighted by Gasteiger charge is -2.27. The summed E-state index contributed by atoms with van der Waals surface area (Å²) in [6.45, 7) is 13.6. The SMILES string of the molecule is CC(C)C(=O)Nc1cccc(NC(=O)C(C)C)c1C(C)(C)C. The Bertz CT molecular complexity index is 514. The van der Waals surface area contributed by atoms with Gasteiger partial charge in [0.25, 0.3) is 0 Å². The number of rotatable bonds is 4. The van der Waals surface area contributed by atoms with Gasteiger partial charge in [-0.1, -0.05) is 54.5 Å². The molecule has 0 aliphatic carbocycles. The van der Waals surface area contributed by atoms with Crippen molar-refractivity contribution in [3.63, 3.8) is 0 Å². The number of nitrogens with one attached hydrogen (secondary N) is 2. The molecule has 1 aromatic carbocycles. The van der Waals surface area contributed by atoms with Crippen LogP contribution < -0.4 is 10.6 Å². The maximum absolute atomic E-state index is 12.0. The van der Waals surface area contributed by atoms with Crippen molar-refractivity contribution in [2.75, 3.05) is 10.6 Å². The van der Waals surface area contributed by atoms with Gasteiger partial charge in [0.1, 0.15) is 0 Å². The van der Waals surface area contributed by atoms with Crippen LogP contribution in [0.2, 0.25) is 0 Å². The zero-order chi connectivity index (χ0) is 17.1. The predicted molar refractivity (Wildman–Crippen MR) is 92.1 cm³/mol. The van der Waals surface area contributed by atoms with E-state index in [0.717, 1.165) is 16.9 Å². The van der Waals surface area contributed by atoms with Gasteiger partial charge < -0.3 is 10.6 Å². The molecule has 2 amide bonds. The molecule has 0 bridgehead atoms. The molecule has 0 fully saturated rings. The van der Waals surface area contributed by atoms with Crippen LogP contribution in [-0.4, -0.2) is 11.8 Å². The first-order chi connectivity index (χ1) is 10.0. The number of benzene rings is 1. The van der Waals surface area contributed by atoms with E-state index in [-0.39, 0.29) is 29.1 Å². The minimum atomic E-state index is -0.208. The fourth-order valence-electron chi connectivity index (χ4n) is 2.12. The van der Waals surface area contributed by atoms with Gasteiger partial charge in [0.15, 0.2) is 0 Å². The van der Waals surface area contributed by atoms with Gasteiger partial charge in [-0.25, -0.2) is 0 Å². The molecule has 122 valence electrons. The van der Waals surface area contributed by atoms with Crippen LogP contribution in [0.1, 0.15) is 54.0 Å². The summed E-state index contributed by atoms with van der Waals surface area (Å²) in [7, 11) is 0. The zero-order valence-corrected chi connectivity index (χ0v) is 14.7. The monoisotopic (exact) mass is 304 g/mol. The van der Waals surface area contributed by atoms with Crippen molar-refractivity contribution in [2.45, 2.75) is 53.9 Å². The van der Waals surface area contributed by atoms with E-state index in [1.807, 2.05) is 45.9 Å². The van der Waals surface area contributed by atoms with E-state index in [1.165, 1.54) is 0 Å². The Hall–Kier alpha value is -1.84. The van der Waals surface area contributed by atoms with Crippen molar-refractivity contribution in [2.24, 2.45) is 11.8 Å². The van der Waals surface area contributed by atoms with Gasteiger partial charge in [0.05, 0.1) is 0 Å². The van der Waals surface area contributed by atoms with Crippen LogP contribution in [0.25, 0.3) is 0 Å². The van der Waals surface area contributed by atoms with Crippen molar-refractivity contribution in [1.82, 2.24) is 0 Å². The smallest absolute Gasteiger partial charge is 0.226 e. The zero-order valence-electron chi connectivity index (χ0n) is 14.7. The molecule has 0 aliphatic rings. The highest BCUT2D eigenvalue weighted by molar-refractivity contribution is 5.97. The molecule has 0 aromatic heterocycles. The number of hydrogen-bond donors (Lipinski definition) is 2. The van der Waals surface area contributed by atoms with Crippen molar-refractivity contribution < 1.29 is 9.59 Å². The van der Waals surface area contributed by atoms with E-state index in [4.69, 9.17) is 0 Å². The van der Waals surface area contributed by atoms with Gasteiger partial charge >= 0.3 is 0 Å². The highest BCUT2D eigenvalue weighted by Gasteiger charge is 2.24. The van der Waals surface area contributed by atoms with E-state index in [9.17, 15) is 9.59 Å². The Morgan fingerprint density at radius 2 is 1.23 bits per heavy atom. The lowest BCUT2D eigenvalue weighted by Crippen LogP contribution is -2.25. The number of hydrogen-bond acceptors (Lipinski definition) is 2. The Morgan fingerprint density at radius 1 is 0.864 bits per heavy atom. The Kier molecular flexibility index (Phi) is 5.75. The van der Waals surface area contributed by atoms with Gasteiger partial charge in [-0.05, 0) is 17.5 Å². The highest BCUT2D eigenvalue weighted by Crippen LogP contribution is 2.36. The Balaban J connectivity index is 3.28. The second-order valence-corrected chi connectivity index (χ2v) is 7.27. The van der Waals surface area contributed by atoms with Crippen LogP contribution in [0, 0.1) is 11.8 Å². The van der Waals surface area contributed by atoms with E-state index in [1.54, 1.807) is 0 Å². The molecule has 0 saturated heterocycles. The van der Waals surface area contributed by atoms with E-state index in [0.29, 0.717) is 0 Å². The molecule has 2 N–H and O–H groups in total. The molecule has 0 saturated carbocycles. The maximum atomic E-state index is 12.0. The molecular formula is C18H28N2O2. The minimum absolute atomic E-state index is 0.0298. The highest BCUT2D eigenvalue weighted by atomic mass is 16.2. The van der Waals surface area contributed by atoms with E-state index < -0.39 is 0 Å². The lowest BCUT2D eigenvalue weighted by molar-refractivity contribution is -0.119. The third-order valence-corrected chi connectivity index (χ3v) is 3.38. The first-order valence-corrected chi connectivity index (χ1v) is 7.79. The standard InChI is InChI=1S/C18H28N2O2/c1-11(2)16(21)19-13-9-8-10-14(15(13)18(5,6)7)20-17(22)12(3)4/h8-12H,1-7H3,(H,19,21)(H,20,22). The largest absolute Gasteiger partial charge is 0.326 e. The molecule has 1 rings (SSSR count). The normalized spacial score (nSPS) is 11.7. The van der Waals surface area contributed by atoms with Crippen molar-refractivity contribution in [3.8, 4) is 0 Å².